The van der Waals surface area contributed by atoms with Crippen LogP contribution < -0.4 is 0 Å². The summed E-state index contributed by atoms with van der Waals surface area (Å²) in [5.41, 5.74) is 0. The summed E-state index contributed by atoms with van der Waals surface area (Å²) in [6, 6.07) is 0. The topological polar surface area (TPSA) is 31.5 Å². The molecule has 0 saturated heterocycles. The smallest absolute Gasteiger partial charge is 0 e. The van der Waals surface area contributed by atoms with Crippen LogP contribution in [0.15, 0.2) is 0 Å². The SMILES string of the molecule is O.[In].[La].[Li].[Zr]. The third-order valence-electron chi connectivity index (χ3n) is 0. The Morgan fingerprint density at radius 2 is 1.00 bits per heavy atom. The van der Waals surface area contributed by atoms with E-state index in [-0.39, 0.29) is 112 Å². The fourth-order valence-electron chi connectivity index (χ4n) is 0. The third-order valence-corrected chi connectivity index (χ3v) is 0. The molecule has 0 aromatic rings. The fourth-order valence-corrected chi connectivity index (χ4v) is 0. The van der Waals surface area contributed by atoms with E-state index in [1.54, 1.807) is 0 Å². The molecule has 0 saturated carbocycles. The standard InChI is InChI=1S/In.La.Li.H2O.Zr/h;;;1H2;. The third kappa shape index (κ3) is 18.5. The molecule has 0 aromatic heterocycles. The molecule has 0 rings (SSSR count). The van der Waals surface area contributed by atoms with Crippen LogP contribution in [0.4, 0.5) is 0 Å². The minimum absolute atomic E-state index is 0. The van der Waals surface area contributed by atoms with Crippen molar-refractivity contribution < 1.29 is 67.3 Å². The van der Waals surface area contributed by atoms with E-state index in [9.17, 15) is 0 Å². The van der Waals surface area contributed by atoms with Gasteiger partial charge in [-0.1, -0.05) is 0 Å². The molecule has 0 bridgehead atoms. The van der Waals surface area contributed by atoms with E-state index in [1.807, 2.05) is 0 Å². The number of hydrogen-bond acceptors (Lipinski definition) is 0. The molecule has 0 unspecified atom stereocenters. The normalized spacial score (nSPS) is 0. The molecule has 2 N–H and O–H groups in total. The van der Waals surface area contributed by atoms with Crippen LogP contribution in [0.25, 0.3) is 0 Å². The summed E-state index contributed by atoms with van der Waals surface area (Å²) >= 11 is 0. The van der Waals surface area contributed by atoms with Crippen LogP contribution in [-0.4, -0.2) is 50.2 Å². The number of hydrogen-bond donors (Lipinski definition) is 0. The first-order valence-corrected chi connectivity index (χ1v) is 0. The predicted molar refractivity (Wildman–Crippen MR) is 15.1 cm³/mol. The van der Waals surface area contributed by atoms with Gasteiger partial charge in [0.15, 0.2) is 0 Å². The monoisotopic (exact) mass is 369 g/mol. The van der Waals surface area contributed by atoms with E-state index >= 15 is 0 Å². The molecule has 0 aliphatic heterocycles. The van der Waals surface area contributed by atoms with Crippen molar-refractivity contribution in [3.05, 3.63) is 0 Å². The van der Waals surface area contributed by atoms with E-state index in [0.29, 0.717) is 0 Å². The van der Waals surface area contributed by atoms with Crippen molar-refractivity contribution >= 4 is 44.7 Å². The second-order valence-electron chi connectivity index (χ2n) is 0. The van der Waals surface area contributed by atoms with Crippen molar-refractivity contribution in [2.45, 2.75) is 0 Å². The van der Waals surface area contributed by atoms with E-state index in [0.717, 1.165) is 0 Å². The minimum atomic E-state index is 0. The maximum absolute atomic E-state index is 0. The average molecular weight is 370 g/mol. The van der Waals surface area contributed by atoms with Gasteiger partial charge in [-0.15, -0.1) is 0 Å². The number of rotatable bonds is 0. The molecule has 0 atom stereocenters. The van der Waals surface area contributed by atoms with Gasteiger partial charge < -0.3 is 5.48 Å². The van der Waals surface area contributed by atoms with Gasteiger partial charge in [0, 0.05) is 107 Å². The average Bonchev–Trinajstić information content (AvgIpc) is 0. The van der Waals surface area contributed by atoms with E-state index in [4.69, 9.17) is 0 Å². The molecule has 5 heteroatoms. The summed E-state index contributed by atoms with van der Waals surface area (Å²) in [4.78, 5) is 0. The predicted octanol–water partition coefficient (Wildman–Crippen LogP) is -1.59. The molecule has 19 valence electrons. The van der Waals surface area contributed by atoms with Gasteiger partial charge in [-0.2, -0.15) is 0 Å². The van der Waals surface area contributed by atoms with Crippen molar-refractivity contribution in [2.24, 2.45) is 0 Å². The zero-order chi connectivity index (χ0) is 0. The van der Waals surface area contributed by atoms with E-state index in [1.165, 1.54) is 0 Å². The van der Waals surface area contributed by atoms with Gasteiger partial charge in [-0.25, -0.2) is 0 Å². The first kappa shape index (κ1) is 39.0. The van der Waals surface area contributed by atoms with Crippen LogP contribution >= 0.6 is 0 Å². The molecule has 1 nitrogen and oxygen atoms in total. The maximum atomic E-state index is 0. The van der Waals surface area contributed by atoms with Gasteiger partial charge >= 0.3 is 0 Å². The molecule has 0 heterocycles. The van der Waals surface area contributed by atoms with E-state index < -0.39 is 0 Å². The van der Waals surface area contributed by atoms with Crippen molar-refractivity contribution in [1.29, 1.82) is 0 Å². The Morgan fingerprint density at radius 1 is 1.00 bits per heavy atom. The maximum Gasteiger partial charge on any atom is 0 e. The molecular weight excluding hydrogens is 368 g/mol. The Labute approximate surface area is 109 Å². The van der Waals surface area contributed by atoms with Gasteiger partial charge in [0.2, 0.25) is 0 Å². The van der Waals surface area contributed by atoms with Gasteiger partial charge in [-0.3, -0.25) is 0 Å². The van der Waals surface area contributed by atoms with Crippen molar-refractivity contribution in [3.8, 4) is 0 Å². The van der Waals surface area contributed by atoms with E-state index in [2.05, 4.69) is 0 Å². The van der Waals surface area contributed by atoms with Crippen LogP contribution in [0.5, 0.6) is 0 Å². The Balaban J connectivity index is 0. The first-order valence-electron chi connectivity index (χ1n) is 0. The molecule has 0 aliphatic rings. The summed E-state index contributed by atoms with van der Waals surface area (Å²) in [7, 11) is 0. The summed E-state index contributed by atoms with van der Waals surface area (Å²) < 4.78 is 0. The molecular formula is H2InLaLiOZr. The Hall–Kier alpha value is 3.51. The van der Waals surface area contributed by atoms with Crippen LogP contribution in [0.1, 0.15) is 0 Å². The van der Waals surface area contributed by atoms with Crippen molar-refractivity contribution in [2.75, 3.05) is 0 Å². The summed E-state index contributed by atoms with van der Waals surface area (Å²) in [6.07, 6.45) is 0. The van der Waals surface area contributed by atoms with Gasteiger partial charge in [-0.05, 0) is 0 Å². The van der Waals surface area contributed by atoms with Gasteiger partial charge in [0.1, 0.15) is 0 Å². The van der Waals surface area contributed by atoms with Crippen LogP contribution in [0.2, 0.25) is 0 Å². The van der Waals surface area contributed by atoms with Crippen LogP contribution in [0.3, 0.4) is 0 Å². The Morgan fingerprint density at radius 3 is 1.00 bits per heavy atom. The van der Waals surface area contributed by atoms with Crippen LogP contribution in [-0.2, 0) is 26.2 Å². The molecule has 0 spiro atoms. The van der Waals surface area contributed by atoms with Gasteiger partial charge in [0.05, 0.1) is 0 Å². The fraction of sp³-hybridized carbons (Fsp3) is 0. The largest absolute Gasteiger partial charge is 0.412 e. The molecule has 0 fully saturated rings. The molecule has 5 radical (unpaired) electrons. The molecule has 5 heavy (non-hydrogen) atoms. The second-order valence-corrected chi connectivity index (χ2v) is 0. The molecule has 0 aliphatic carbocycles. The summed E-state index contributed by atoms with van der Waals surface area (Å²) in [5.74, 6) is 0. The van der Waals surface area contributed by atoms with Crippen molar-refractivity contribution in [3.63, 3.8) is 0 Å². The van der Waals surface area contributed by atoms with Gasteiger partial charge in [0.25, 0.3) is 0 Å². The zero-order valence-electron chi connectivity index (χ0n) is 3.15. The van der Waals surface area contributed by atoms with Crippen molar-refractivity contribution in [1.82, 2.24) is 0 Å². The molecule has 0 aromatic carbocycles. The first-order chi connectivity index (χ1) is 0. The zero-order valence-corrected chi connectivity index (χ0v) is 12.5. The Bertz CT molecular complexity index is 11.6. The second kappa shape index (κ2) is 25.8. The minimum Gasteiger partial charge on any atom is -0.412 e. The summed E-state index contributed by atoms with van der Waals surface area (Å²) in [5, 5.41) is 0. The Kier molecular flexibility index (Phi) is 202. The molecule has 0 amide bonds. The quantitative estimate of drug-likeness (QED) is 0.461. The summed E-state index contributed by atoms with van der Waals surface area (Å²) in [6.45, 7) is 0. The van der Waals surface area contributed by atoms with Crippen LogP contribution in [0, 0.1) is 35.6 Å².